The summed E-state index contributed by atoms with van der Waals surface area (Å²) in [4.78, 5) is 65.0. The van der Waals surface area contributed by atoms with Gasteiger partial charge in [-0.25, -0.2) is 9.59 Å². The predicted octanol–water partition coefficient (Wildman–Crippen LogP) is 2.69. The molecule has 0 fully saturated rings. The summed E-state index contributed by atoms with van der Waals surface area (Å²) >= 11 is 0. The minimum absolute atomic E-state index is 0.304. The molecule has 0 N–H and O–H groups in total. The molecule has 0 unspecified atom stereocenters. The van der Waals surface area contributed by atoms with Crippen molar-refractivity contribution in [2.75, 3.05) is 36.0 Å². The number of anilines is 2. The predicted molar refractivity (Wildman–Crippen MR) is 184 cm³/mol. The highest BCUT2D eigenvalue weighted by Gasteiger charge is 2.23. The molecule has 0 saturated heterocycles. The van der Waals surface area contributed by atoms with Gasteiger partial charge in [0.25, 0.3) is 11.1 Å². The van der Waals surface area contributed by atoms with Crippen LogP contribution in [0, 0.1) is 0 Å². The SMILES string of the molecule is CCN(CC)c1nc2c(c(=O)n(C)c(=O)n2C)n1CCCCCCCCCCn1c(N(CC)CC)nc2c1c(=O)n(C)c(=O)n2C. The third-order valence-electron chi connectivity index (χ3n) is 9.26. The topological polar surface area (TPSA) is 130 Å². The molecule has 14 nitrogen and oxygen atoms in total. The molecule has 0 bridgehead atoms. The number of imidazole rings is 2. The number of fused-ring (bicyclic) bond motifs is 2. The maximum absolute atomic E-state index is 13.1. The monoisotopic (exact) mass is 640 g/mol. The minimum Gasteiger partial charge on any atom is -0.343 e. The molecule has 0 atom stereocenters. The standard InChI is InChI=1S/C32H52N10O4/c1-9-39(10-2)29-33-25-23(27(43)37(7)31(45)35(25)5)41(29)21-19-17-15-13-14-16-18-20-22-42-24-26(34-30(42)40(11-3)12-4)36(6)32(46)38(8)28(24)44/h9-22H2,1-8H3. The molecule has 254 valence electrons. The van der Waals surface area contributed by atoms with Crippen molar-refractivity contribution in [3.63, 3.8) is 0 Å². The van der Waals surface area contributed by atoms with Gasteiger partial charge in [0.1, 0.15) is 0 Å². The van der Waals surface area contributed by atoms with Crippen LogP contribution in [0.4, 0.5) is 11.9 Å². The van der Waals surface area contributed by atoms with E-state index in [0.717, 1.165) is 98.6 Å². The van der Waals surface area contributed by atoms with Crippen molar-refractivity contribution in [1.82, 2.24) is 37.4 Å². The average molecular weight is 641 g/mol. The van der Waals surface area contributed by atoms with Gasteiger partial charge in [0, 0.05) is 67.5 Å². The second kappa shape index (κ2) is 15.0. The van der Waals surface area contributed by atoms with Gasteiger partial charge in [-0.05, 0) is 40.5 Å². The van der Waals surface area contributed by atoms with Crippen LogP contribution >= 0.6 is 0 Å². The zero-order chi connectivity index (χ0) is 33.7. The summed E-state index contributed by atoms with van der Waals surface area (Å²) in [5.74, 6) is 1.49. The van der Waals surface area contributed by atoms with Crippen LogP contribution in [0.2, 0.25) is 0 Å². The number of aryl methyl sites for hydroxylation is 4. The van der Waals surface area contributed by atoms with Gasteiger partial charge in [-0.2, -0.15) is 9.97 Å². The molecule has 0 aliphatic rings. The van der Waals surface area contributed by atoms with Crippen LogP contribution in [-0.2, 0) is 41.3 Å². The Balaban J connectivity index is 1.32. The van der Waals surface area contributed by atoms with Crippen LogP contribution in [0.1, 0.15) is 79.1 Å². The van der Waals surface area contributed by atoms with Crippen LogP contribution in [0.25, 0.3) is 22.3 Å². The molecular formula is C32H52N10O4. The van der Waals surface area contributed by atoms with Crippen molar-refractivity contribution >= 4 is 34.2 Å². The largest absolute Gasteiger partial charge is 0.343 e. The molecule has 4 heterocycles. The molecule has 0 amide bonds. The minimum atomic E-state index is -0.368. The maximum atomic E-state index is 13.1. The number of rotatable bonds is 17. The van der Waals surface area contributed by atoms with Gasteiger partial charge in [-0.3, -0.25) is 27.9 Å². The van der Waals surface area contributed by atoms with Crippen LogP contribution in [0.5, 0.6) is 0 Å². The fourth-order valence-corrected chi connectivity index (χ4v) is 6.39. The Labute approximate surface area is 269 Å². The lowest BCUT2D eigenvalue weighted by molar-refractivity contribution is 0.527. The van der Waals surface area contributed by atoms with E-state index < -0.39 is 0 Å². The van der Waals surface area contributed by atoms with Crippen molar-refractivity contribution in [2.45, 2.75) is 92.2 Å². The quantitative estimate of drug-likeness (QED) is 0.161. The first kappa shape index (κ1) is 34.8. The van der Waals surface area contributed by atoms with Crippen LogP contribution in [0.3, 0.4) is 0 Å². The Kier molecular flexibility index (Phi) is 11.3. The zero-order valence-corrected chi connectivity index (χ0v) is 29.0. The first-order chi connectivity index (χ1) is 22.0. The molecule has 0 radical (unpaired) electrons. The first-order valence-corrected chi connectivity index (χ1v) is 16.9. The Morgan fingerprint density at radius 2 is 0.783 bits per heavy atom. The van der Waals surface area contributed by atoms with Gasteiger partial charge >= 0.3 is 11.4 Å². The van der Waals surface area contributed by atoms with E-state index in [0.29, 0.717) is 35.4 Å². The van der Waals surface area contributed by atoms with E-state index in [1.807, 2.05) is 9.13 Å². The maximum Gasteiger partial charge on any atom is 0.332 e. The lowest BCUT2D eigenvalue weighted by atomic mass is 10.1. The Hall–Kier alpha value is -4.10. The second-order valence-electron chi connectivity index (χ2n) is 12.1. The van der Waals surface area contributed by atoms with Crippen molar-refractivity contribution in [3.05, 3.63) is 41.7 Å². The summed E-state index contributed by atoms with van der Waals surface area (Å²) in [6, 6.07) is 0. The first-order valence-electron chi connectivity index (χ1n) is 16.9. The lowest BCUT2D eigenvalue weighted by Crippen LogP contribution is -2.37. The molecule has 4 aromatic rings. The van der Waals surface area contributed by atoms with Gasteiger partial charge in [0.15, 0.2) is 22.3 Å². The molecule has 46 heavy (non-hydrogen) atoms. The highest BCUT2D eigenvalue weighted by molar-refractivity contribution is 5.75. The van der Waals surface area contributed by atoms with Crippen LogP contribution < -0.4 is 32.3 Å². The average Bonchev–Trinajstić information content (AvgIpc) is 3.62. The van der Waals surface area contributed by atoms with E-state index in [1.165, 1.54) is 23.2 Å². The highest BCUT2D eigenvalue weighted by atomic mass is 16.2. The summed E-state index contributed by atoms with van der Waals surface area (Å²) in [6.07, 6.45) is 8.39. The summed E-state index contributed by atoms with van der Waals surface area (Å²) in [6.45, 7) is 12.7. The normalized spacial score (nSPS) is 11.7. The molecular weight excluding hydrogens is 588 g/mol. The fourth-order valence-electron chi connectivity index (χ4n) is 6.39. The molecule has 0 aliphatic carbocycles. The second-order valence-corrected chi connectivity index (χ2v) is 12.1. The lowest BCUT2D eigenvalue weighted by Gasteiger charge is -2.21. The van der Waals surface area contributed by atoms with E-state index >= 15 is 0 Å². The summed E-state index contributed by atoms with van der Waals surface area (Å²) in [5, 5.41) is 0. The Morgan fingerprint density at radius 3 is 1.09 bits per heavy atom. The fraction of sp³-hybridized carbons (Fsp3) is 0.688. The third-order valence-corrected chi connectivity index (χ3v) is 9.26. The summed E-state index contributed by atoms with van der Waals surface area (Å²) in [7, 11) is 6.37. The van der Waals surface area contributed by atoms with E-state index in [9.17, 15) is 19.2 Å². The molecule has 4 rings (SSSR count). The Morgan fingerprint density at radius 1 is 0.478 bits per heavy atom. The van der Waals surface area contributed by atoms with Gasteiger partial charge < -0.3 is 18.9 Å². The van der Waals surface area contributed by atoms with Crippen molar-refractivity contribution < 1.29 is 0 Å². The number of hydrogen-bond donors (Lipinski definition) is 0. The molecule has 0 saturated carbocycles. The summed E-state index contributed by atoms with van der Waals surface area (Å²) < 4.78 is 9.25. The van der Waals surface area contributed by atoms with Crippen molar-refractivity contribution in [1.29, 1.82) is 0 Å². The van der Waals surface area contributed by atoms with E-state index in [-0.39, 0.29) is 22.5 Å². The third kappa shape index (κ3) is 6.43. The van der Waals surface area contributed by atoms with E-state index in [4.69, 9.17) is 9.97 Å². The van der Waals surface area contributed by atoms with E-state index in [2.05, 4.69) is 37.5 Å². The highest BCUT2D eigenvalue weighted by Crippen LogP contribution is 2.22. The molecule has 0 aliphatic heterocycles. The number of unbranched alkanes of at least 4 members (excludes halogenated alkanes) is 7. The molecule has 4 aromatic heterocycles. The number of aromatic nitrogens is 8. The molecule has 0 spiro atoms. The van der Waals surface area contributed by atoms with Gasteiger partial charge in [0.05, 0.1) is 0 Å². The van der Waals surface area contributed by atoms with Crippen LogP contribution in [-0.4, -0.2) is 63.5 Å². The van der Waals surface area contributed by atoms with Crippen molar-refractivity contribution in [2.24, 2.45) is 28.2 Å². The van der Waals surface area contributed by atoms with Crippen LogP contribution in [0.15, 0.2) is 19.2 Å². The van der Waals surface area contributed by atoms with E-state index in [1.54, 1.807) is 14.1 Å². The van der Waals surface area contributed by atoms with Gasteiger partial charge in [-0.1, -0.05) is 38.5 Å². The molecule has 0 aromatic carbocycles. The summed E-state index contributed by atoms with van der Waals surface area (Å²) in [5.41, 5.74) is 0.504. The smallest absolute Gasteiger partial charge is 0.332 e. The Bertz CT molecular complexity index is 1760. The van der Waals surface area contributed by atoms with Gasteiger partial charge in [0.2, 0.25) is 11.9 Å². The van der Waals surface area contributed by atoms with Gasteiger partial charge in [-0.15, -0.1) is 0 Å². The number of hydrogen-bond acceptors (Lipinski definition) is 8. The number of nitrogens with zero attached hydrogens (tertiary/aromatic N) is 10. The zero-order valence-electron chi connectivity index (χ0n) is 29.0. The molecule has 14 heteroatoms. The van der Waals surface area contributed by atoms with Crippen molar-refractivity contribution in [3.8, 4) is 0 Å².